The van der Waals surface area contributed by atoms with E-state index in [1.54, 1.807) is 41.4 Å². The zero-order valence-electron chi connectivity index (χ0n) is 32.3. The van der Waals surface area contributed by atoms with Crippen LogP contribution in [0.2, 0.25) is 5.02 Å². The second-order valence-electron chi connectivity index (χ2n) is 15.4. The fourth-order valence-corrected chi connectivity index (χ4v) is 7.44. The van der Waals surface area contributed by atoms with Crippen molar-refractivity contribution in [1.29, 1.82) is 0 Å². The van der Waals surface area contributed by atoms with E-state index in [0.717, 1.165) is 33.4 Å². The minimum atomic E-state index is -0.855. The van der Waals surface area contributed by atoms with Gasteiger partial charge in [0.1, 0.15) is 23.9 Å². The number of nitrogens with one attached hydrogen (secondary N) is 1. The molecule has 0 radical (unpaired) electrons. The summed E-state index contributed by atoms with van der Waals surface area (Å²) in [6, 6.07) is 32.0. The molecule has 12 nitrogen and oxygen atoms in total. The molecular formula is C44H46ClN7O5. The predicted molar refractivity (Wildman–Crippen MR) is 216 cm³/mol. The van der Waals surface area contributed by atoms with Crippen LogP contribution < -0.4 is 5.32 Å². The number of nitrogens with zero attached hydrogens (tertiary/aromatic N) is 6. The monoisotopic (exact) mass is 787 g/mol. The van der Waals surface area contributed by atoms with Crippen LogP contribution in [0.3, 0.4) is 0 Å². The molecule has 0 aliphatic carbocycles. The van der Waals surface area contributed by atoms with E-state index < -0.39 is 23.8 Å². The Kier molecular flexibility index (Phi) is 11.7. The van der Waals surface area contributed by atoms with E-state index in [-0.39, 0.29) is 43.8 Å². The van der Waals surface area contributed by atoms with Crippen molar-refractivity contribution in [2.75, 3.05) is 26.2 Å². The highest BCUT2D eigenvalue weighted by Crippen LogP contribution is 2.34. The van der Waals surface area contributed by atoms with E-state index >= 15 is 0 Å². The van der Waals surface area contributed by atoms with Crippen LogP contribution in [0.15, 0.2) is 109 Å². The quantitative estimate of drug-likeness (QED) is 0.169. The van der Waals surface area contributed by atoms with Gasteiger partial charge >= 0.3 is 6.09 Å². The van der Waals surface area contributed by atoms with Crippen molar-refractivity contribution in [2.24, 2.45) is 0 Å². The third-order valence-corrected chi connectivity index (χ3v) is 10.4. The molecule has 2 aliphatic heterocycles. The predicted octanol–water partition coefficient (Wildman–Crippen LogP) is 6.60. The van der Waals surface area contributed by atoms with Gasteiger partial charge in [0, 0.05) is 31.1 Å². The molecule has 1 aromatic heterocycles. The zero-order chi connectivity index (χ0) is 40.1. The number of amides is 4. The van der Waals surface area contributed by atoms with Gasteiger partial charge in [-0.15, -0.1) is 5.10 Å². The van der Waals surface area contributed by atoms with E-state index in [0.29, 0.717) is 36.8 Å². The number of aromatic nitrogens is 3. The topological polar surface area (TPSA) is 130 Å². The number of rotatable bonds is 10. The van der Waals surface area contributed by atoms with Crippen LogP contribution >= 0.6 is 11.6 Å². The van der Waals surface area contributed by atoms with E-state index in [1.807, 2.05) is 84.9 Å². The molecule has 2 aliphatic rings. The lowest BCUT2D eigenvalue weighted by Gasteiger charge is -2.37. The summed E-state index contributed by atoms with van der Waals surface area (Å²) in [4.78, 5) is 58.8. The summed E-state index contributed by atoms with van der Waals surface area (Å²) in [5.41, 5.74) is 5.56. The summed E-state index contributed by atoms with van der Waals surface area (Å²) in [5, 5.41) is 12.4. The highest BCUT2D eigenvalue weighted by Gasteiger charge is 2.37. The second-order valence-corrected chi connectivity index (χ2v) is 15.8. The fourth-order valence-electron chi connectivity index (χ4n) is 7.31. The lowest BCUT2D eigenvalue weighted by atomic mass is 9.90. The lowest BCUT2D eigenvalue weighted by Crippen LogP contribution is -2.52. The number of benzene rings is 4. The largest absolute Gasteiger partial charge is 0.444 e. The Hall–Kier alpha value is -6.01. The molecule has 1 fully saturated rings. The molecule has 294 valence electrons. The Morgan fingerprint density at radius 2 is 1.61 bits per heavy atom. The number of aryl methyl sites for hydroxylation is 1. The van der Waals surface area contributed by atoms with Crippen LogP contribution in [-0.4, -0.2) is 85.3 Å². The summed E-state index contributed by atoms with van der Waals surface area (Å²) in [6.07, 6.45) is 1.91. The fraction of sp³-hybridized carbons (Fsp3) is 0.318. The molecule has 1 saturated heterocycles. The Morgan fingerprint density at radius 3 is 2.37 bits per heavy atom. The molecule has 2 unspecified atom stereocenters. The first-order valence-electron chi connectivity index (χ1n) is 19.1. The van der Waals surface area contributed by atoms with Crippen LogP contribution in [0.4, 0.5) is 4.79 Å². The summed E-state index contributed by atoms with van der Waals surface area (Å²) in [6.45, 7) is 6.79. The molecule has 0 spiro atoms. The normalized spacial score (nSPS) is 16.2. The third kappa shape index (κ3) is 9.52. The number of fused-ring (bicyclic) bond motifs is 1. The van der Waals surface area contributed by atoms with Crippen LogP contribution in [0, 0.1) is 0 Å². The molecule has 4 aromatic carbocycles. The van der Waals surface area contributed by atoms with Gasteiger partial charge in [0.25, 0.3) is 0 Å². The maximum atomic E-state index is 14.6. The summed E-state index contributed by atoms with van der Waals surface area (Å²) in [7, 11) is 0. The third-order valence-electron chi connectivity index (χ3n) is 10.1. The standard InChI is InChI=1S/C44H46ClN7O5/c1-44(2,3)57-43(56)50-25-24-49(39(54)29-50)27-36-28-51(48-47-36)22-21-38(53)52-23-20-31-12-7-8-15-37(31)41(52)42(55)46-40(32-16-18-35(45)19-17-32)34-14-9-13-33(26-34)30-10-5-4-6-11-30/h4-19,26,28,40-41H,20-25,27,29H2,1-3H3,(H,46,55). The Labute approximate surface area is 337 Å². The molecule has 3 heterocycles. The van der Waals surface area contributed by atoms with Gasteiger partial charge in [-0.1, -0.05) is 102 Å². The number of carbonyl (C=O) groups is 4. The van der Waals surface area contributed by atoms with Gasteiger partial charge in [-0.2, -0.15) is 0 Å². The first kappa shape index (κ1) is 39.2. The van der Waals surface area contributed by atoms with Gasteiger partial charge < -0.3 is 19.9 Å². The van der Waals surface area contributed by atoms with E-state index in [1.165, 1.54) is 4.90 Å². The number of hydrogen-bond donors (Lipinski definition) is 1. The van der Waals surface area contributed by atoms with Crippen molar-refractivity contribution in [3.05, 3.63) is 142 Å². The van der Waals surface area contributed by atoms with Crippen molar-refractivity contribution in [3.63, 3.8) is 0 Å². The number of ether oxygens (including phenoxy) is 1. The molecule has 5 aromatic rings. The van der Waals surface area contributed by atoms with Crippen LogP contribution in [0.1, 0.15) is 67.2 Å². The maximum Gasteiger partial charge on any atom is 0.410 e. The number of halogens is 1. The molecule has 0 bridgehead atoms. The lowest BCUT2D eigenvalue weighted by molar-refractivity contribution is -0.141. The van der Waals surface area contributed by atoms with Crippen LogP contribution in [0.5, 0.6) is 0 Å². The first-order chi connectivity index (χ1) is 27.4. The van der Waals surface area contributed by atoms with Gasteiger partial charge in [-0.3, -0.25) is 24.0 Å². The van der Waals surface area contributed by atoms with E-state index in [9.17, 15) is 19.2 Å². The molecular weight excluding hydrogens is 742 g/mol. The average molecular weight is 788 g/mol. The molecule has 13 heteroatoms. The molecule has 2 atom stereocenters. The summed E-state index contributed by atoms with van der Waals surface area (Å²) >= 11 is 6.29. The van der Waals surface area contributed by atoms with Gasteiger partial charge in [-0.05, 0) is 78.8 Å². The highest BCUT2D eigenvalue weighted by molar-refractivity contribution is 6.30. The van der Waals surface area contributed by atoms with Gasteiger partial charge in [-0.25, -0.2) is 4.79 Å². The second kappa shape index (κ2) is 17.0. The number of piperazine rings is 1. The smallest absolute Gasteiger partial charge is 0.410 e. The van der Waals surface area contributed by atoms with Crippen molar-refractivity contribution in [2.45, 2.75) is 64.4 Å². The minimum Gasteiger partial charge on any atom is -0.444 e. The molecule has 57 heavy (non-hydrogen) atoms. The Balaban J connectivity index is 1.05. The van der Waals surface area contributed by atoms with Crippen molar-refractivity contribution >= 4 is 35.4 Å². The van der Waals surface area contributed by atoms with Crippen LogP contribution in [0.25, 0.3) is 11.1 Å². The number of carbonyl (C=O) groups excluding carboxylic acids is 4. The van der Waals surface area contributed by atoms with E-state index in [4.69, 9.17) is 16.3 Å². The highest BCUT2D eigenvalue weighted by atomic mass is 35.5. The van der Waals surface area contributed by atoms with Gasteiger partial charge in [0.05, 0.1) is 25.3 Å². The van der Waals surface area contributed by atoms with Crippen molar-refractivity contribution in [1.82, 2.24) is 35.0 Å². The molecule has 1 N–H and O–H groups in total. The van der Waals surface area contributed by atoms with Gasteiger partial charge in [0.2, 0.25) is 17.7 Å². The Morgan fingerprint density at radius 1 is 0.877 bits per heavy atom. The van der Waals surface area contributed by atoms with Crippen LogP contribution in [-0.2, 0) is 38.6 Å². The summed E-state index contributed by atoms with van der Waals surface area (Å²) < 4.78 is 7.00. The first-order valence-corrected chi connectivity index (χ1v) is 19.5. The van der Waals surface area contributed by atoms with Crippen molar-refractivity contribution in [3.8, 4) is 11.1 Å². The molecule has 0 saturated carbocycles. The summed E-state index contributed by atoms with van der Waals surface area (Å²) in [5.74, 6) is -0.696. The maximum absolute atomic E-state index is 14.6. The van der Waals surface area contributed by atoms with Crippen molar-refractivity contribution < 1.29 is 23.9 Å². The Bertz CT molecular complexity index is 2240. The molecule has 4 amide bonds. The zero-order valence-corrected chi connectivity index (χ0v) is 33.1. The number of hydrogen-bond acceptors (Lipinski definition) is 7. The average Bonchev–Trinajstić information content (AvgIpc) is 3.66. The minimum absolute atomic E-state index is 0.0776. The van der Waals surface area contributed by atoms with Gasteiger partial charge in [0.15, 0.2) is 0 Å². The van der Waals surface area contributed by atoms with E-state index in [2.05, 4.69) is 33.8 Å². The molecule has 7 rings (SSSR count). The SMILES string of the molecule is CC(C)(C)OC(=O)N1CCN(Cc2cn(CCC(=O)N3CCc4ccccc4C3C(=O)NC(c3ccc(Cl)cc3)c3cccc(-c4ccccc4)c3)nn2)C(=O)C1.